The van der Waals surface area contributed by atoms with E-state index in [1.165, 1.54) is 0 Å². The molecule has 1 fully saturated rings. The lowest BCUT2D eigenvalue weighted by Gasteiger charge is -2.30. The smallest absolute Gasteiger partial charge is 0.222 e. The van der Waals surface area contributed by atoms with Crippen LogP contribution in [0.3, 0.4) is 0 Å². The average Bonchev–Trinajstić information content (AvgIpc) is 2.77. The molecule has 0 radical (unpaired) electrons. The zero-order valence-electron chi connectivity index (χ0n) is 10.2. The number of imidazole rings is 1. The first-order chi connectivity index (χ1) is 8.24. The van der Waals surface area contributed by atoms with Crippen LogP contribution in [0, 0.1) is 5.92 Å². The van der Waals surface area contributed by atoms with Gasteiger partial charge < -0.3 is 15.6 Å². The Bertz CT molecular complexity index is 388. The number of primary amides is 1. The predicted octanol–water partition coefficient (Wildman–Crippen LogP) is 0.819. The quantitative estimate of drug-likeness (QED) is 0.813. The average molecular weight is 236 g/mol. The van der Waals surface area contributed by atoms with Gasteiger partial charge in [-0.15, -0.1) is 0 Å². The molecule has 1 amide bonds. The number of carbonyl (C=O) groups is 1. The molecule has 2 atom stereocenters. The van der Waals surface area contributed by atoms with Gasteiger partial charge in [-0.05, 0) is 25.8 Å². The first-order valence-corrected chi connectivity index (χ1v) is 6.27. The largest absolute Gasteiger partial charge is 0.369 e. The first-order valence-electron chi connectivity index (χ1n) is 6.27. The number of hydrogen-bond donors (Lipinski definition) is 2. The highest BCUT2D eigenvalue weighted by Crippen LogP contribution is 2.28. The molecule has 2 heterocycles. The number of rotatable bonds is 4. The predicted molar refractivity (Wildman–Crippen MR) is 65.2 cm³/mol. The molecule has 2 rings (SSSR count). The van der Waals surface area contributed by atoms with Crippen LogP contribution >= 0.6 is 0 Å². The number of aryl methyl sites for hydroxylation is 1. The molecule has 5 heteroatoms. The molecule has 3 N–H and O–H groups in total. The second-order valence-corrected chi connectivity index (χ2v) is 4.56. The van der Waals surface area contributed by atoms with Gasteiger partial charge in [0.15, 0.2) is 0 Å². The van der Waals surface area contributed by atoms with E-state index in [9.17, 15) is 4.79 Å². The molecule has 0 aromatic carbocycles. The molecule has 0 bridgehead atoms. The molecule has 1 saturated heterocycles. The van der Waals surface area contributed by atoms with E-state index in [1.54, 1.807) is 6.20 Å². The van der Waals surface area contributed by atoms with Crippen molar-refractivity contribution in [1.29, 1.82) is 0 Å². The van der Waals surface area contributed by atoms with Gasteiger partial charge in [-0.1, -0.05) is 6.92 Å². The van der Waals surface area contributed by atoms with Crippen molar-refractivity contribution >= 4 is 5.91 Å². The van der Waals surface area contributed by atoms with E-state index in [2.05, 4.69) is 21.8 Å². The third kappa shape index (κ3) is 2.49. The number of nitrogens with zero attached hydrogens (tertiary/aromatic N) is 2. The molecule has 0 saturated carbocycles. The SMILES string of the molecule is CCCn1ccnc1C1NCCCC1C(N)=O. The van der Waals surface area contributed by atoms with E-state index < -0.39 is 0 Å². The summed E-state index contributed by atoms with van der Waals surface area (Å²) in [5.74, 6) is 0.574. The number of nitrogens with one attached hydrogen (secondary N) is 1. The minimum atomic E-state index is -0.228. The lowest BCUT2D eigenvalue weighted by molar-refractivity contribution is -0.123. The van der Waals surface area contributed by atoms with E-state index in [0.717, 1.165) is 38.2 Å². The highest BCUT2D eigenvalue weighted by atomic mass is 16.1. The Morgan fingerprint density at radius 1 is 1.71 bits per heavy atom. The Balaban J connectivity index is 2.23. The fraction of sp³-hybridized carbons (Fsp3) is 0.667. The second kappa shape index (κ2) is 5.31. The Labute approximate surface area is 101 Å². The summed E-state index contributed by atoms with van der Waals surface area (Å²) in [6.07, 6.45) is 6.66. The van der Waals surface area contributed by atoms with Crippen molar-refractivity contribution in [2.45, 2.75) is 38.8 Å². The van der Waals surface area contributed by atoms with Crippen LogP contribution in [0.1, 0.15) is 38.1 Å². The molecule has 17 heavy (non-hydrogen) atoms. The lowest BCUT2D eigenvalue weighted by Crippen LogP contribution is -2.42. The third-order valence-electron chi connectivity index (χ3n) is 3.31. The maximum absolute atomic E-state index is 11.5. The third-order valence-corrected chi connectivity index (χ3v) is 3.31. The van der Waals surface area contributed by atoms with Crippen molar-refractivity contribution < 1.29 is 4.79 Å². The minimum absolute atomic E-state index is 0.0252. The Morgan fingerprint density at radius 3 is 3.24 bits per heavy atom. The van der Waals surface area contributed by atoms with E-state index in [4.69, 9.17) is 5.73 Å². The monoisotopic (exact) mass is 236 g/mol. The molecular weight excluding hydrogens is 216 g/mol. The van der Waals surface area contributed by atoms with Crippen LogP contribution < -0.4 is 11.1 Å². The molecule has 2 unspecified atom stereocenters. The molecular formula is C12H20N4O. The Morgan fingerprint density at radius 2 is 2.53 bits per heavy atom. The summed E-state index contributed by atoms with van der Waals surface area (Å²) in [4.78, 5) is 15.9. The zero-order chi connectivity index (χ0) is 12.3. The van der Waals surface area contributed by atoms with E-state index >= 15 is 0 Å². The van der Waals surface area contributed by atoms with Gasteiger partial charge in [0.2, 0.25) is 5.91 Å². The van der Waals surface area contributed by atoms with Crippen LogP contribution in [0.5, 0.6) is 0 Å². The molecule has 5 nitrogen and oxygen atoms in total. The maximum Gasteiger partial charge on any atom is 0.222 e. The number of carbonyl (C=O) groups excluding carboxylic acids is 1. The molecule has 0 aliphatic carbocycles. The summed E-state index contributed by atoms with van der Waals surface area (Å²) in [7, 11) is 0. The van der Waals surface area contributed by atoms with Crippen molar-refractivity contribution in [3.8, 4) is 0 Å². The fourth-order valence-electron chi connectivity index (χ4n) is 2.50. The van der Waals surface area contributed by atoms with Gasteiger partial charge in [-0.3, -0.25) is 4.79 Å². The summed E-state index contributed by atoms with van der Waals surface area (Å²) in [6, 6.07) is -0.0252. The molecule has 1 aromatic rings. The van der Waals surface area contributed by atoms with E-state index in [-0.39, 0.29) is 17.9 Å². The summed E-state index contributed by atoms with van der Waals surface area (Å²) in [5, 5.41) is 3.37. The fourth-order valence-corrected chi connectivity index (χ4v) is 2.50. The van der Waals surface area contributed by atoms with Gasteiger partial charge in [0.25, 0.3) is 0 Å². The van der Waals surface area contributed by atoms with Crippen LogP contribution in [0.2, 0.25) is 0 Å². The van der Waals surface area contributed by atoms with Gasteiger partial charge >= 0.3 is 0 Å². The van der Waals surface area contributed by atoms with Crippen molar-refractivity contribution in [2.75, 3.05) is 6.54 Å². The van der Waals surface area contributed by atoms with Gasteiger partial charge in [-0.2, -0.15) is 0 Å². The van der Waals surface area contributed by atoms with Crippen molar-refractivity contribution in [3.63, 3.8) is 0 Å². The summed E-state index contributed by atoms with van der Waals surface area (Å²) < 4.78 is 2.11. The van der Waals surface area contributed by atoms with Gasteiger partial charge in [0.1, 0.15) is 5.82 Å². The van der Waals surface area contributed by atoms with Crippen LogP contribution in [0.25, 0.3) is 0 Å². The number of hydrogen-bond acceptors (Lipinski definition) is 3. The van der Waals surface area contributed by atoms with Gasteiger partial charge in [-0.25, -0.2) is 4.98 Å². The van der Waals surface area contributed by atoms with Crippen molar-refractivity contribution in [3.05, 3.63) is 18.2 Å². The Kier molecular flexibility index (Phi) is 3.78. The van der Waals surface area contributed by atoms with Crippen molar-refractivity contribution in [2.24, 2.45) is 11.7 Å². The van der Waals surface area contributed by atoms with Gasteiger partial charge in [0, 0.05) is 18.9 Å². The topological polar surface area (TPSA) is 72.9 Å². The van der Waals surface area contributed by atoms with Crippen molar-refractivity contribution in [1.82, 2.24) is 14.9 Å². The van der Waals surface area contributed by atoms with Crippen LogP contribution in [0.15, 0.2) is 12.4 Å². The summed E-state index contributed by atoms with van der Waals surface area (Å²) >= 11 is 0. The first kappa shape index (κ1) is 12.1. The minimum Gasteiger partial charge on any atom is -0.369 e. The standard InChI is InChI=1S/C12H20N4O/c1-2-7-16-8-6-15-12(16)10-9(11(13)17)4-3-5-14-10/h6,8-10,14H,2-5,7H2,1H3,(H2,13,17). The zero-order valence-corrected chi connectivity index (χ0v) is 10.2. The van der Waals surface area contributed by atoms with Crippen LogP contribution in [-0.4, -0.2) is 22.0 Å². The normalized spacial score (nSPS) is 24.8. The van der Waals surface area contributed by atoms with Crippen LogP contribution in [0.4, 0.5) is 0 Å². The van der Waals surface area contributed by atoms with E-state index in [0.29, 0.717) is 0 Å². The highest BCUT2D eigenvalue weighted by molar-refractivity contribution is 5.77. The van der Waals surface area contributed by atoms with Gasteiger partial charge in [0.05, 0.1) is 12.0 Å². The number of aromatic nitrogens is 2. The molecule has 94 valence electrons. The Hall–Kier alpha value is -1.36. The van der Waals surface area contributed by atoms with Crippen LogP contribution in [-0.2, 0) is 11.3 Å². The maximum atomic E-state index is 11.5. The molecule has 1 aliphatic rings. The second-order valence-electron chi connectivity index (χ2n) is 4.56. The molecule has 1 aliphatic heterocycles. The summed E-state index contributed by atoms with van der Waals surface area (Å²) in [5.41, 5.74) is 5.47. The number of nitrogens with two attached hydrogens (primary N) is 1. The number of piperidine rings is 1. The molecule has 0 spiro atoms. The number of amides is 1. The van der Waals surface area contributed by atoms with E-state index in [1.807, 2.05) is 6.20 Å². The molecule has 1 aromatic heterocycles. The summed E-state index contributed by atoms with van der Waals surface area (Å²) in [6.45, 7) is 3.98. The lowest BCUT2D eigenvalue weighted by atomic mass is 9.89. The highest BCUT2D eigenvalue weighted by Gasteiger charge is 2.32.